The molecule has 0 aliphatic rings. The highest BCUT2D eigenvalue weighted by Gasteiger charge is 2.19. The largest absolute Gasteiger partial charge is 0.462 e. The molecule has 0 unspecified atom stereocenters. The number of hydrogen-bond donors (Lipinski definition) is 0. The third-order valence-electron chi connectivity index (χ3n) is 13.9. The molecule has 398 valence electrons. The van der Waals surface area contributed by atoms with Gasteiger partial charge < -0.3 is 14.2 Å². The van der Waals surface area contributed by atoms with E-state index in [4.69, 9.17) is 14.2 Å². The molecule has 6 heteroatoms. The molecule has 0 saturated heterocycles. The highest BCUT2D eigenvalue weighted by atomic mass is 16.6. The zero-order valence-electron chi connectivity index (χ0n) is 46.2. The zero-order chi connectivity index (χ0) is 49.1. The summed E-state index contributed by atoms with van der Waals surface area (Å²) >= 11 is 0. The van der Waals surface area contributed by atoms with Gasteiger partial charge >= 0.3 is 17.9 Å². The molecule has 0 aromatic carbocycles. The molecule has 0 aliphatic carbocycles. The number of carbonyl (C=O) groups is 3. The normalized spacial score (nSPS) is 12.1. The molecular weight excluding hydrogens is 829 g/mol. The molecular formula is C61H118O6. The number of ether oxygens (including phenoxy) is 3. The van der Waals surface area contributed by atoms with Crippen molar-refractivity contribution in [2.45, 2.75) is 343 Å². The van der Waals surface area contributed by atoms with Crippen LogP contribution < -0.4 is 0 Å². The molecule has 0 aromatic rings. The quantitative estimate of drug-likeness (QED) is 0.0343. The maximum atomic E-state index is 12.9. The highest BCUT2D eigenvalue weighted by Crippen LogP contribution is 2.19. The van der Waals surface area contributed by atoms with Crippen molar-refractivity contribution in [3.8, 4) is 0 Å². The van der Waals surface area contributed by atoms with Gasteiger partial charge in [0, 0.05) is 19.3 Å². The second kappa shape index (κ2) is 52.2. The van der Waals surface area contributed by atoms with Crippen molar-refractivity contribution >= 4 is 17.9 Å². The minimum Gasteiger partial charge on any atom is -0.462 e. The fourth-order valence-corrected chi connectivity index (χ4v) is 9.35. The van der Waals surface area contributed by atoms with E-state index in [-0.39, 0.29) is 31.1 Å². The predicted octanol–water partition coefficient (Wildman–Crippen LogP) is 19.9. The summed E-state index contributed by atoms with van der Waals surface area (Å²) in [4.78, 5) is 38.2. The first kappa shape index (κ1) is 65.4. The van der Waals surface area contributed by atoms with Crippen LogP contribution in [0.15, 0.2) is 0 Å². The Morgan fingerprint density at radius 3 is 0.642 bits per heavy atom. The van der Waals surface area contributed by atoms with E-state index < -0.39 is 6.10 Å². The molecule has 0 rings (SSSR count). The molecule has 67 heavy (non-hydrogen) atoms. The van der Waals surface area contributed by atoms with Gasteiger partial charge in [0.1, 0.15) is 13.2 Å². The predicted molar refractivity (Wildman–Crippen MR) is 289 cm³/mol. The Labute approximate surface area is 418 Å². The molecule has 0 fully saturated rings. The molecule has 6 nitrogen and oxygen atoms in total. The van der Waals surface area contributed by atoms with Crippen LogP contribution in [0.2, 0.25) is 0 Å². The van der Waals surface area contributed by atoms with Crippen LogP contribution >= 0.6 is 0 Å². The third-order valence-corrected chi connectivity index (χ3v) is 13.9. The number of carbonyl (C=O) groups excluding carboxylic acids is 3. The average molecular weight is 948 g/mol. The van der Waals surface area contributed by atoms with Gasteiger partial charge in [-0.15, -0.1) is 0 Å². The summed E-state index contributed by atoms with van der Waals surface area (Å²) in [6.07, 6.45) is 55.2. The Kier molecular flexibility index (Phi) is 51.0. The molecule has 0 N–H and O–H groups in total. The molecule has 0 aromatic heterocycles. The lowest BCUT2D eigenvalue weighted by Gasteiger charge is -2.18. The number of hydrogen-bond acceptors (Lipinski definition) is 6. The number of unbranched alkanes of at least 4 members (excludes halogenated alkanes) is 37. The molecule has 0 bridgehead atoms. The van der Waals surface area contributed by atoms with Gasteiger partial charge in [-0.25, -0.2) is 0 Å². The monoisotopic (exact) mass is 947 g/mol. The molecule has 0 saturated carbocycles. The van der Waals surface area contributed by atoms with Crippen molar-refractivity contribution in [3.63, 3.8) is 0 Å². The van der Waals surface area contributed by atoms with Gasteiger partial charge in [-0.1, -0.05) is 298 Å². The van der Waals surface area contributed by atoms with E-state index in [1.54, 1.807) is 0 Å². The first-order valence-electron chi connectivity index (χ1n) is 30.1. The lowest BCUT2D eigenvalue weighted by atomic mass is 10.0. The van der Waals surface area contributed by atoms with Crippen molar-refractivity contribution in [2.24, 2.45) is 17.8 Å². The van der Waals surface area contributed by atoms with E-state index >= 15 is 0 Å². The van der Waals surface area contributed by atoms with Crippen LogP contribution in [0.25, 0.3) is 0 Å². The van der Waals surface area contributed by atoms with Crippen molar-refractivity contribution in [3.05, 3.63) is 0 Å². The smallest absolute Gasteiger partial charge is 0.306 e. The van der Waals surface area contributed by atoms with Gasteiger partial charge in [0.2, 0.25) is 0 Å². The summed E-state index contributed by atoms with van der Waals surface area (Å²) in [6.45, 7) is 13.8. The van der Waals surface area contributed by atoms with Crippen molar-refractivity contribution < 1.29 is 28.6 Å². The minimum atomic E-state index is -0.764. The Hall–Kier alpha value is -1.59. The van der Waals surface area contributed by atoms with Crippen LogP contribution in [0.5, 0.6) is 0 Å². The van der Waals surface area contributed by atoms with Crippen LogP contribution in [0, 0.1) is 17.8 Å². The van der Waals surface area contributed by atoms with Gasteiger partial charge in [0.25, 0.3) is 0 Å². The Morgan fingerprint density at radius 1 is 0.254 bits per heavy atom. The lowest BCUT2D eigenvalue weighted by molar-refractivity contribution is -0.167. The van der Waals surface area contributed by atoms with E-state index in [0.29, 0.717) is 19.3 Å². The van der Waals surface area contributed by atoms with Gasteiger partial charge in [-0.2, -0.15) is 0 Å². The van der Waals surface area contributed by atoms with E-state index in [2.05, 4.69) is 41.5 Å². The molecule has 1 atom stereocenters. The Morgan fingerprint density at radius 2 is 0.433 bits per heavy atom. The summed E-state index contributed by atoms with van der Waals surface area (Å²) in [6, 6.07) is 0. The second-order valence-electron chi connectivity index (χ2n) is 22.4. The van der Waals surface area contributed by atoms with Crippen LogP contribution in [-0.2, 0) is 28.6 Å². The molecule has 0 radical (unpaired) electrons. The van der Waals surface area contributed by atoms with E-state index in [1.165, 1.54) is 218 Å². The van der Waals surface area contributed by atoms with E-state index in [9.17, 15) is 14.4 Å². The Bertz CT molecular complexity index is 1040. The first-order chi connectivity index (χ1) is 32.6. The van der Waals surface area contributed by atoms with Crippen LogP contribution in [0.3, 0.4) is 0 Å². The second-order valence-corrected chi connectivity index (χ2v) is 22.4. The fourth-order valence-electron chi connectivity index (χ4n) is 9.35. The van der Waals surface area contributed by atoms with Crippen molar-refractivity contribution in [2.75, 3.05) is 13.2 Å². The number of esters is 3. The standard InChI is InChI=1S/C61H118O6/c1-55(2)47-41-35-29-23-17-12-9-7-8-10-14-20-26-32-38-44-50-59(62)65-53-58(54-66-60(63)51-45-39-33-27-22-16-19-25-31-37-43-49-57(5)6)67-61(64)52-46-40-34-28-21-15-11-13-18-24-30-36-42-48-56(3)4/h55-58H,7-54H2,1-6H3/t58-/m0/s1. The Balaban J connectivity index is 4.29. The fraction of sp³-hybridized carbons (Fsp3) is 0.951. The minimum absolute atomic E-state index is 0.0631. The summed E-state index contributed by atoms with van der Waals surface area (Å²) in [7, 11) is 0. The van der Waals surface area contributed by atoms with Gasteiger partial charge in [-0.3, -0.25) is 14.4 Å². The molecule has 0 heterocycles. The van der Waals surface area contributed by atoms with Gasteiger partial charge in [0.15, 0.2) is 6.10 Å². The summed E-state index contributed by atoms with van der Waals surface area (Å²) in [5, 5.41) is 0. The molecule has 0 amide bonds. The summed E-state index contributed by atoms with van der Waals surface area (Å²) in [5.74, 6) is 1.68. The van der Waals surface area contributed by atoms with Crippen LogP contribution in [-0.4, -0.2) is 37.2 Å². The number of rotatable bonds is 54. The van der Waals surface area contributed by atoms with Crippen molar-refractivity contribution in [1.82, 2.24) is 0 Å². The highest BCUT2D eigenvalue weighted by molar-refractivity contribution is 5.71. The molecule has 0 spiro atoms. The van der Waals surface area contributed by atoms with Crippen LogP contribution in [0.1, 0.15) is 337 Å². The van der Waals surface area contributed by atoms with E-state index in [1.807, 2.05) is 0 Å². The first-order valence-corrected chi connectivity index (χ1v) is 30.1. The van der Waals surface area contributed by atoms with Gasteiger partial charge in [-0.05, 0) is 37.0 Å². The lowest BCUT2D eigenvalue weighted by Crippen LogP contribution is -2.30. The maximum absolute atomic E-state index is 12.9. The van der Waals surface area contributed by atoms with E-state index in [0.717, 1.165) is 75.5 Å². The summed E-state index contributed by atoms with van der Waals surface area (Å²) < 4.78 is 16.9. The van der Waals surface area contributed by atoms with Gasteiger partial charge in [0.05, 0.1) is 0 Å². The zero-order valence-corrected chi connectivity index (χ0v) is 46.2. The molecule has 0 aliphatic heterocycles. The third kappa shape index (κ3) is 55.2. The van der Waals surface area contributed by atoms with Crippen LogP contribution in [0.4, 0.5) is 0 Å². The summed E-state index contributed by atoms with van der Waals surface area (Å²) in [5.41, 5.74) is 0. The average Bonchev–Trinajstić information content (AvgIpc) is 3.29. The topological polar surface area (TPSA) is 78.9 Å². The maximum Gasteiger partial charge on any atom is 0.306 e. The van der Waals surface area contributed by atoms with Crippen molar-refractivity contribution in [1.29, 1.82) is 0 Å². The SMILES string of the molecule is CC(C)CCCCCCCCCCCCCCCCCCC(=O)OC[C@@H](COC(=O)CCCCCCCCCCCCCC(C)C)OC(=O)CCCCCCCCCCCCCCCC(C)C.